The number of hydrogen-bond donors (Lipinski definition) is 0. The molecule has 2 aromatic carbocycles. The van der Waals surface area contributed by atoms with Crippen molar-refractivity contribution in [3.63, 3.8) is 0 Å². The predicted molar refractivity (Wildman–Crippen MR) is 72.1 cm³/mol. The van der Waals surface area contributed by atoms with Crippen LogP contribution in [0.15, 0.2) is 42.6 Å². The maximum absolute atomic E-state index is 2.25. The van der Waals surface area contributed by atoms with E-state index in [-0.39, 0.29) is 0 Å². The molecule has 0 radical (unpaired) electrons. The third kappa shape index (κ3) is 1.50. The van der Waals surface area contributed by atoms with E-state index < -0.39 is 0 Å². The molecular weight excluding hydrogens is 206 g/mol. The second kappa shape index (κ2) is 3.56. The second-order valence-corrected chi connectivity index (χ2v) is 4.80. The maximum atomic E-state index is 2.25. The lowest BCUT2D eigenvalue weighted by Gasteiger charge is -2.05. The van der Waals surface area contributed by atoms with Crippen LogP contribution < -0.4 is 4.57 Å². The van der Waals surface area contributed by atoms with Crippen molar-refractivity contribution in [1.29, 1.82) is 0 Å². The van der Waals surface area contributed by atoms with Crippen molar-refractivity contribution in [2.75, 3.05) is 0 Å². The first kappa shape index (κ1) is 10.3. The zero-order valence-electron chi connectivity index (χ0n) is 10.5. The van der Waals surface area contributed by atoms with Crippen molar-refractivity contribution < 1.29 is 4.57 Å². The molecule has 3 aromatic rings. The Kier molecular flexibility index (Phi) is 2.15. The normalized spacial score (nSPS) is 11.2. The van der Waals surface area contributed by atoms with Gasteiger partial charge in [-0.2, -0.15) is 0 Å². The van der Waals surface area contributed by atoms with Gasteiger partial charge in [0.05, 0.1) is 5.39 Å². The van der Waals surface area contributed by atoms with E-state index >= 15 is 0 Å². The molecule has 1 aromatic heterocycles. The topological polar surface area (TPSA) is 3.88 Å². The first-order valence-electron chi connectivity index (χ1n) is 5.95. The Morgan fingerprint density at radius 1 is 0.941 bits per heavy atom. The van der Waals surface area contributed by atoms with E-state index in [4.69, 9.17) is 0 Å². The summed E-state index contributed by atoms with van der Waals surface area (Å²) in [6.45, 7) is 4.32. The van der Waals surface area contributed by atoms with Crippen molar-refractivity contribution in [3.8, 4) is 0 Å². The number of pyridine rings is 1. The van der Waals surface area contributed by atoms with Gasteiger partial charge < -0.3 is 0 Å². The zero-order valence-corrected chi connectivity index (χ0v) is 10.5. The van der Waals surface area contributed by atoms with Gasteiger partial charge in [0, 0.05) is 10.9 Å². The van der Waals surface area contributed by atoms with Crippen LogP contribution in [0.1, 0.15) is 11.1 Å². The summed E-state index contributed by atoms with van der Waals surface area (Å²) in [6.07, 6.45) is 2.19. The highest BCUT2D eigenvalue weighted by molar-refractivity contribution is 6.05. The summed E-state index contributed by atoms with van der Waals surface area (Å²) in [5.41, 5.74) is 3.96. The molecule has 1 nitrogen and oxygen atoms in total. The zero-order chi connectivity index (χ0) is 12.0. The highest BCUT2D eigenvalue weighted by atomic mass is 14.9. The molecule has 0 fully saturated rings. The number of hydrogen-bond acceptors (Lipinski definition) is 0. The van der Waals surface area contributed by atoms with Crippen LogP contribution in [-0.2, 0) is 7.05 Å². The number of aromatic nitrogens is 1. The fourth-order valence-electron chi connectivity index (χ4n) is 2.70. The van der Waals surface area contributed by atoms with Gasteiger partial charge in [0.15, 0.2) is 6.20 Å². The third-order valence-corrected chi connectivity index (χ3v) is 3.39. The first-order chi connectivity index (χ1) is 8.16. The van der Waals surface area contributed by atoms with Gasteiger partial charge in [-0.15, -0.1) is 0 Å². The molecule has 0 bridgehead atoms. The third-order valence-electron chi connectivity index (χ3n) is 3.39. The molecule has 0 atom stereocenters. The van der Waals surface area contributed by atoms with Gasteiger partial charge in [0.2, 0.25) is 5.52 Å². The van der Waals surface area contributed by atoms with E-state index in [0.717, 1.165) is 0 Å². The highest BCUT2D eigenvalue weighted by Crippen LogP contribution is 2.25. The Bertz CT molecular complexity index is 726. The molecule has 3 rings (SSSR count). The van der Waals surface area contributed by atoms with Crippen LogP contribution >= 0.6 is 0 Å². The van der Waals surface area contributed by atoms with Crippen LogP contribution in [0.3, 0.4) is 0 Å². The van der Waals surface area contributed by atoms with E-state index in [1.165, 1.54) is 32.8 Å². The minimum atomic E-state index is 1.30. The van der Waals surface area contributed by atoms with Crippen LogP contribution in [0.2, 0.25) is 0 Å². The fourth-order valence-corrected chi connectivity index (χ4v) is 2.70. The van der Waals surface area contributed by atoms with Crippen LogP contribution in [0.4, 0.5) is 0 Å². The summed E-state index contributed by atoms with van der Waals surface area (Å²) in [5, 5.41) is 4.00. The lowest BCUT2D eigenvalue weighted by Crippen LogP contribution is -2.29. The number of aryl methyl sites for hydroxylation is 3. The summed E-state index contributed by atoms with van der Waals surface area (Å²) in [7, 11) is 2.13. The maximum Gasteiger partial charge on any atom is 0.220 e. The molecular formula is C16H16N+. The largest absolute Gasteiger partial charge is 0.220 e. The smallest absolute Gasteiger partial charge is 0.200 e. The first-order valence-corrected chi connectivity index (χ1v) is 5.95. The van der Waals surface area contributed by atoms with E-state index in [2.05, 4.69) is 68.1 Å². The molecule has 0 saturated carbocycles. The van der Waals surface area contributed by atoms with Gasteiger partial charge in [-0.3, -0.25) is 0 Å². The van der Waals surface area contributed by atoms with Crippen LogP contribution in [0.25, 0.3) is 21.7 Å². The van der Waals surface area contributed by atoms with E-state index in [1.807, 2.05) is 0 Å². The number of benzene rings is 2. The van der Waals surface area contributed by atoms with Gasteiger partial charge in [-0.1, -0.05) is 24.3 Å². The van der Waals surface area contributed by atoms with E-state index in [9.17, 15) is 0 Å². The van der Waals surface area contributed by atoms with E-state index in [0.29, 0.717) is 0 Å². The second-order valence-electron chi connectivity index (χ2n) is 4.80. The minimum absolute atomic E-state index is 1.30. The van der Waals surface area contributed by atoms with Gasteiger partial charge in [-0.05, 0) is 36.9 Å². The van der Waals surface area contributed by atoms with Gasteiger partial charge in [-0.25, -0.2) is 4.57 Å². The molecule has 0 aliphatic rings. The summed E-state index contributed by atoms with van der Waals surface area (Å²) in [4.78, 5) is 0. The van der Waals surface area contributed by atoms with Crippen molar-refractivity contribution in [3.05, 3.63) is 53.7 Å². The van der Waals surface area contributed by atoms with Crippen molar-refractivity contribution in [2.45, 2.75) is 13.8 Å². The molecule has 0 N–H and O–H groups in total. The number of nitrogens with zero attached hydrogens (tertiary/aromatic N) is 1. The monoisotopic (exact) mass is 222 g/mol. The summed E-state index contributed by atoms with van der Waals surface area (Å²) in [6, 6.07) is 13.2. The van der Waals surface area contributed by atoms with E-state index in [1.54, 1.807) is 0 Å². The van der Waals surface area contributed by atoms with Crippen LogP contribution in [-0.4, -0.2) is 0 Å². The Morgan fingerprint density at radius 2 is 1.71 bits per heavy atom. The number of fused-ring (bicyclic) bond motifs is 3. The minimum Gasteiger partial charge on any atom is -0.200 e. The molecule has 0 aliphatic heterocycles. The standard InChI is InChI=1S/C16H16N/c1-11-9-14-8-7-13-6-4-5-12(2)15(13)16(14)17(3)10-11/h4-10H,1-3H3/q+1. The lowest BCUT2D eigenvalue weighted by molar-refractivity contribution is -0.644. The van der Waals surface area contributed by atoms with Crippen molar-refractivity contribution in [2.24, 2.45) is 7.05 Å². The Morgan fingerprint density at radius 3 is 2.53 bits per heavy atom. The lowest BCUT2D eigenvalue weighted by atomic mass is 10.0. The molecule has 1 heterocycles. The van der Waals surface area contributed by atoms with Crippen LogP contribution in [0, 0.1) is 13.8 Å². The molecule has 0 amide bonds. The Balaban J connectivity index is 2.63. The molecule has 0 aliphatic carbocycles. The molecule has 17 heavy (non-hydrogen) atoms. The predicted octanol–water partition coefficient (Wildman–Crippen LogP) is 3.43. The summed E-state index contributed by atoms with van der Waals surface area (Å²) < 4.78 is 2.24. The average molecular weight is 222 g/mol. The Hall–Kier alpha value is -1.89. The average Bonchev–Trinajstić information content (AvgIpc) is 2.28. The van der Waals surface area contributed by atoms with Crippen molar-refractivity contribution >= 4 is 21.7 Å². The quantitative estimate of drug-likeness (QED) is 0.405. The van der Waals surface area contributed by atoms with Crippen molar-refractivity contribution in [1.82, 2.24) is 0 Å². The molecule has 0 unspecified atom stereocenters. The highest BCUT2D eigenvalue weighted by Gasteiger charge is 2.12. The Labute approximate surface area is 101 Å². The van der Waals surface area contributed by atoms with Gasteiger partial charge in [0.25, 0.3) is 0 Å². The number of rotatable bonds is 0. The molecule has 1 heteroatoms. The van der Waals surface area contributed by atoms with Gasteiger partial charge >= 0.3 is 0 Å². The molecule has 0 saturated heterocycles. The molecule has 0 spiro atoms. The van der Waals surface area contributed by atoms with Crippen LogP contribution in [0.5, 0.6) is 0 Å². The fraction of sp³-hybridized carbons (Fsp3) is 0.188. The SMILES string of the molecule is Cc1cc2ccc3cccc(C)c3c2[n+](C)c1. The summed E-state index contributed by atoms with van der Waals surface area (Å²) >= 11 is 0. The summed E-state index contributed by atoms with van der Waals surface area (Å²) in [5.74, 6) is 0. The van der Waals surface area contributed by atoms with Gasteiger partial charge in [0.1, 0.15) is 7.05 Å². The molecule has 84 valence electrons.